The molecule has 2 aromatic carbocycles. The number of hydrogen-bond acceptors (Lipinski definition) is 7. The zero-order chi connectivity index (χ0) is 24.5. The van der Waals surface area contributed by atoms with Gasteiger partial charge in [-0.05, 0) is 41.8 Å². The quantitative estimate of drug-likeness (QED) is 0.349. The molecule has 3 N–H and O–H groups in total. The first kappa shape index (κ1) is 25.4. The van der Waals surface area contributed by atoms with Crippen LogP contribution in [0.1, 0.15) is 22.7 Å². The van der Waals surface area contributed by atoms with Crippen molar-refractivity contribution in [3.8, 4) is 5.75 Å². The van der Waals surface area contributed by atoms with E-state index in [0.717, 1.165) is 43.3 Å². The lowest BCUT2D eigenvalue weighted by Gasteiger charge is -2.26. The van der Waals surface area contributed by atoms with Crippen LogP contribution < -0.4 is 10.9 Å². The first-order valence-electron chi connectivity index (χ1n) is 11.8. The molecule has 9 heteroatoms. The Kier molecular flexibility index (Phi) is 9.30. The highest BCUT2D eigenvalue weighted by atomic mass is 32.2. The van der Waals surface area contributed by atoms with Gasteiger partial charge in [0.05, 0.1) is 25.2 Å². The molecule has 1 saturated heterocycles. The number of aromatic amines is 1. The van der Waals surface area contributed by atoms with Gasteiger partial charge in [-0.2, -0.15) is 0 Å². The van der Waals surface area contributed by atoms with Crippen molar-refractivity contribution in [2.45, 2.75) is 28.7 Å². The van der Waals surface area contributed by atoms with Gasteiger partial charge >= 0.3 is 0 Å². The Labute approximate surface area is 208 Å². The van der Waals surface area contributed by atoms with E-state index in [1.165, 1.54) is 16.8 Å². The lowest BCUT2D eigenvalue weighted by atomic mass is 9.95. The average molecular weight is 499 g/mol. The maximum Gasteiger partial charge on any atom is 0.293 e. The Hall–Kier alpha value is -2.72. The van der Waals surface area contributed by atoms with Gasteiger partial charge in [0.1, 0.15) is 6.67 Å². The van der Waals surface area contributed by atoms with E-state index in [-0.39, 0.29) is 18.2 Å². The number of H-pyrrole nitrogens is 1. The maximum absolute atomic E-state index is 12.6. The molecule has 7 nitrogen and oxygen atoms in total. The van der Waals surface area contributed by atoms with E-state index in [1.807, 2.05) is 12.1 Å². The van der Waals surface area contributed by atoms with Crippen LogP contribution in [-0.2, 0) is 17.7 Å². The molecule has 0 aliphatic carbocycles. The second kappa shape index (κ2) is 12.8. The van der Waals surface area contributed by atoms with Crippen LogP contribution in [0.5, 0.6) is 5.75 Å². The second-order valence-corrected chi connectivity index (χ2v) is 9.69. The largest absolute Gasteiger partial charge is 0.502 e. The number of aromatic nitrogens is 2. The van der Waals surface area contributed by atoms with E-state index < -0.39 is 12.2 Å². The number of nitrogens with one attached hydrogen (secondary N) is 2. The topological polar surface area (TPSA) is 90.5 Å². The van der Waals surface area contributed by atoms with Gasteiger partial charge in [0.25, 0.3) is 5.56 Å². The molecular weight excluding hydrogens is 467 g/mol. The summed E-state index contributed by atoms with van der Waals surface area (Å²) in [5.41, 5.74) is 2.09. The Morgan fingerprint density at radius 3 is 2.40 bits per heavy atom. The van der Waals surface area contributed by atoms with E-state index in [2.05, 4.69) is 56.6 Å². The van der Waals surface area contributed by atoms with Gasteiger partial charge in [-0.25, -0.2) is 9.37 Å². The van der Waals surface area contributed by atoms with Crippen LogP contribution >= 0.6 is 11.8 Å². The zero-order valence-corrected chi connectivity index (χ0v) is 20.4. The van der Waals surface area contributed by atoms with Crippen molar-refractivity contribution in [2.24, 2.45) is 0 Å². The predicted octanol–water partition coefficient (Wildman–Crippen LogP) is 3.34. The summed E-state index contributed by atoms with van der Waals surface area (Å²) in [6, 6.07) is 16.9. The van der Waals surface area contributed by atoms with Gasteiger partial charge in [-0.1, -0.05) is 36.0 Å². The fourth-order valence-electron chi connectivity index (χ4n) is 4.11. The van der Waals surface area contributed by atoms with E-state index in [0.29, 0.717) is 18.7 Å². The summed E-state index contributed by atoms with van der Waals surface area (Å²) in [7, 11) is 0. The molecular formula is C26H31FN4O3S. The van der Waals surface area contributed by atoms with Crippen LogP contribution in [-0.4, -0.2) is 66.0 Å². The lowest BCUT2D eigenvalue weighted by molar-refractivity contribution is 0.0342. The minimum atomic E-state index is -0.576. The van der Waals surface area contributed by atoms with E-state index >= 15 is 0 Å². The normalized spacial score (nSPS) is 15.2. The molecule has 0 amide bonds. The number of ether oxygens (including phenoxy) is 1. The van der Waals surface area contributed by atoms with Gasteiger partial charge in [0, 0.05) is 48.4 Å². The highest BCUT2D eigenvalue weighted by Gasteiger charge is 2.20. The van der Waals surface area contributed by atoms with E-state index in [1.54, 1.807) is 11.8 Å². The molecule has 4 rings (SSSR count). The molecule has 1 fully saturated rings. The molecule has 0 saturated carbocycles. The van der Waals surface area contributed by atoms with Gasteiger partial charge in [-0.15, -0.1) is 0 Å². The van der Waals surface area contributed by atoms with Crippen molar-refractivity contribution in [3.05, 3.63) is 82.0 Å². The summed E-state index contributed by atoms with van der Waals surface area (Å²) in [5, 5.41) is 13.2. The number of benzene rings is 2. The molecule has 0 bridgehead atoms. The van der Waals surface area contributed by atoms with Crippen LogP contribution in [0.3, 0.4) is 0 Å². The van der Waals surface area contributed by atoms with Crippen LogP contribution in [0.15, 0.2) is 69.4 Å². The number of rotatable bonds is 11. The van der Waals surface area contributed by atoms with Crippen LogP contribution in [0, 0.1) is 0 Å². The summed E-state index contributed by atoms with van der Waals surface area (Å²) in [5.74, 6) is -0.648. The van der Waals surface area contributed by atoms with Crippen LogP contribution in [0.25, 0.3) is 0 Å². The summed E-state index contributed by atoms with van der Waals surface area (Å²) in [4.78, 5) is 23.1. The SMILES string of the molecule is O=c1[nH]cnc(C(CNCCF)Cc2ccc(Sc3ccc(CN4CCOCC4)cc3)cc2)c1O. The molecule has 0 spiro atoms. The maximum atomic E-state index is 12.6. The van der Waals surface area contributed by atoms with Crippen molar-refractivity contribution < 1.29 is 14.2 Å². The Bertz CT molecular complexity index is 1120. The second-order valence-electron chi connectivity index (χ2n) is 8.54. The fraction of sp³-hybridized carbons (Fsp3) is 0.385. The molecule has 2 heterocycles. The summed E-state index contributed by atoms with van der Waals surface area (Å²) >= 11 is 1.70. The monoisotopic (exact) mass is 498 g/mol. The van der Waals surface area contributed by atoms with E-state index in [9.17, 15) is 14.3 Å². The van der Waals surface area contributed by atoms with Gasteiger partial charge in [-0.3, -0.25) is 9.69 Å². The standard InChI is InChI=1S/C26H31FN4O3S/c27-9-10-28-16-21(24-25(32)26(33)30-18-29-24)15-19-1-5-22(6-2-19)35-23-7-3-20(4-8-23)17-31-11-13-34-14-12-31/h1-8,18,21,28,32H,9-17H2,(H,29,30,33). The Balaban J connectivity index is 1.37. The smallest absolute Gasteiger partial charge is 0.293 e. The van der Waals surface area contributed by atoms with Crippen LogP contribution in [0.4, 0.5) is 4.39 Å². The van der Waals surface area contributed by atoms with Crippen molar-refractivity contribution in [3.63, 3.8) is 0 Å². The van der Waals surface area contributed by atoms with Gasteiger partial charge < -0.3 is 20.1 Å². The molecule has 1 aliphatic rings. The highest BCUT2D eigenvalue weighted by Crippen LogP contribution is 2.30. The minimum Gasteiger partial charge on any atom is -0.502 e. The number of aromatic hydroxyl groups is 1. The van der Waals surface area contributed by atoms with Crippen molar-refractivity contribution in [1.29, 1.82) is 0 Å². The molecule has 1 unspecified atom stereocenters. The van der Waals surface area contributed by atoms with Crippen molar-refractivity contribution >= 4 is 11.8 Å². The first-order valence-corrected chi connectivity index (χ1v) is 12.6. The number of halogens is 1. The molecule has 1 aliphatic heterocycles. The van der Waals surface area contributed by atoms with Crippen LogP contribution in [0.2, 0.25) is 0 Å². The Morgan fingerprint density at radius 2 is 1.74 bits per heavy atom. The third-order valence-corrected chi connectivity index (χ3v) is 7.00. The van der Waals surface area contributed by atoms with Crippen molar-refractivity contribution in [2.75, 3.05) is 46.1 Å². The molecule has 35 heavy (non-hydrogen) atoms. The molecule has 1 aromatic heterocycles. The molecule has 1 atom stereocenters. The Morgan fingerprint density at radius 1 is 1.09 bits per heavy atom. The third-order valence-electron chi connectivity index (χ3n) is 5.98. The molecule has 0 radical (unpaired) electrons. The molecule has 3 aromatic rings. The van der Waals surface area contributed by atoms with E-state index in [4.69, 9.17) is 4.74 Å². The van der Waals surface area contributed by atoms with Crippen molar-refractivity contribution in [1.82, 2.24) is 20.2 Å². The number of morpholine rings is 1. The summed E-state index contributed by atoms with van der Waals surface area (Å²) < 4.78 is 18.0. The zero-order valence-electron chi connectivity index (χ0n) is 19.6. The summed E-state index contributed by atoms with van der Waals surface area (Å²) in [6.45, 7) is 4.64. The minimum absolute atomic E-state index is 0.210. The molecule has 186 valence electrons. The highest BCUT2D eigenvalue weighted by molar-refractivity contribution is 7.99. The number of alkyl halides is 1. The number of hydrogen-bond donors (Lipinski definition) is 3. The average Bonchev–Trinajstić information content (AvgIpc) is 2.88. The summed E-state index contributed by atoms with van der Waals surface area (Å²) in [6.07, 6.45) is 1.84. The third kappa shape index (κ3) is 7.38. The van der Waals surface area contributed by atoms with Gasteiger partial charge in [0.15, 0.2) is 0 Å². The van der Waals surface area contributed by atoms with Gasteiger partial charge in [0.2, 0.25) is 5.75 Å². The first-order chi connectivity index (χ1) is 17.1. The predicted molar refractivity (Wildman–Crippen MR) is 135 cm³/mol. The number of nitrogens with zero attached hydrogens (tertiary/aromatic N) is 2. The fourth-order valence-corrected chi connectivity index (χ4v) is 4.92. The lowest BCUT2D eigenvalue weighted by Crippen LogP contribution is -2.35.